The van der Waals surface area contributed by atoms with Gasteiger partial charge >= 0.3 is 0 Å². The highest BCUT2D eigenvalue weighted by atomic mass is 32.2. The average Bonchev–Trinajstić information content (AvgIpc) is 2.97. The fourth-order valence-corrected chi connectivity index (χ4v) is 3.08. The summed E-state index contributed by atoms with van der Waals surface area (Å²) >= 11 is 0. The molecule has 0 spiro atoms. The molecule has 17 heavy (non-hydrogen) atoms. The minimum absolute atomic E-state index is 0.0144. The number of rotatable bonds is 5. The normalized spacial score (nSPS) is 18.6. The molecule has 96 valence electrons. The topological polar surface area (TPSA) is 64.0 Å². The summed E-state index contributed by atoms with van der Waals surface area (Å²) in [5, 5.41) is 0. The first-order chi connectivity index (χ1) is 7.89. The first-order valence-corrected chi connectivity index (χ1v) is 6.61. The fraction of sp³-hybridized carbons (Fsp3) is 0.667. The third-order valence-electron chi connectivity index (χ3n) is 3.02. The highest BCUT2D eigenvalue weighted by molar-refractivity contribution is 7.91. The lowest BCUT2D eigenvalue weighted by Crippen LogP contribution is -2.40. The number of hydrogen-bond donors (Lipinski definition) is 1. The Hall–Kier alpha value is -1.02. The summed E-state index contributed by atoms with van der Waals surface area (Å²) in [6, 6.07) is 0. The van der Waals surface area contributed by atoms with Crippen molar-refractivity contribution in [2.45, 2.75) is 30.6 Å². The fourth-order valence-electron chi connectivity index (χ4n) is 1.60. The molecule has 1 fully saturated rings. The molecule has 0 bridgehead atoms. The van der Waals surface area contributed by atoms with Crippen LogP contribution < -0.4 is 4.72 Å². The third-order valence-corrected chi connectivity index (χ3v) is 5.20. The second-order valence-corrected chi connectivity index (χ2v) is 6.25. The number of alkyl halides is 2. The molecule has 2 rings (SSSR count). The summed E-state index contributed by atoms with van der Waals surface area (Å²) in [6.07, 6.45) is 0.357. The molecule has 1 aromatic heterocycles. The zero-order valence-corrected chi connectivity index (χ0v) is 10.0. The molecule has 1 N–H and O–H groups in total. The summed E-state index contributed by atoms with van der Waals surface area (Å²) in [6.45, 7) is -0.0691. The van der Waals surface area contributed by atoms with E-state index in [9.17, 15) is 17.2 Å². The van der Waals surface area contributed by atoms with E-state index in [0.29, 0.717) is 5.82 Å². The predicted octanol–water partition coefficient (Wildman–Crippen LogP) is 0.637. The lowest BCUT2D eigenvalue weighted by atomic mass is 10.4. The van der Waals surface area contributed by atoms with Gasteiger partial charge in [0.1, 0.15) is 10.6 Å². The monoisotopic (exact) mass is 265 g/mol. The van der Waals surface area contributed by atoms with Gasteiger partial charge in [-0.15, -0.1) is 0 Å². The Morgan fingerprint density at radius 1 is 1.59 bits per heavy atom. The van der Waals surface area contributed by atoms with Crippen LogP contribution in [0.15, 0.2) is 12.4 Å². The molecule has 1 aromatic rings. The number of sulfonamides is 1. The molecule has 0 unspecified atom stereocenters. The van der Waals surface area contributed by atoms with Gasteiger partial charge in [-0.25, -0.2) is 26.9 Å². The first kappa shape index (κ1) is 12.4. The molecule has 1 saturated carbocycles. The van der Waals surface area contributed by atoms with Crippen LogP contribution in [0.3, 0.4) is 0 Å². The van der Waals surface area contributed by atoms with Crippen molar-refractivity contribution in [2.24, 2.45) is 7.05 Å². The molecule has 1 aliphatic rings. The number of aromatic nitrogens is 2. The van der Waals surface area contributed by atoms with E-state index >= 15 is 0 Å². The van der Waals surface area contributed by atoms with Gasteiger partial charge in [0.15, 0.2) is 0 Å². The Balaban J connectivity index is 2.07. The van der Waals surface area contributed by atoms with Crippen molar-refractivity contribution in [3.8, 4) is 0 Å². The molecule has 0 radical (unpaired) electrons. The van der Waals surface area contributed by atoms with Gasteiger partial charge in [-0.3, -0.25) is 0 Å². The third kappa shape index (κ3) is 2.06. The van der Waals surface area contributed by atoms with Crippen LogP contribution in [0.25, 0.3) is 0 Å². The van der Waals surface area contributed by atoms with Crippen LogP contribution in [0, 0.1) is 0 Å². The van der Waals surface area contributed by atoms with E-state index < -0.39 is 21.2 Å². The molecule has 1 aliphatic carbocycles. The van der Waals surface area contributed by atoms with Crippen LogP contribution >= 0.6 is 0 Å². The quantitative estimate of drug-likeness (QED) is 0.849. The van der Waals surface area contributed by atoms with Crippen molar-refractivity contribution >= 4 is 10.0 Å². The van der Waals surface area contributed by atoms with Crippen molar-refractivity contribution in [1.29, 1.82) is 0 Å². The van der Waals surface area contributed by atoms with Crippen LogP contribution in [-0.2, 0) is 23.6 Å². The number of halogens is 2. The molecule has 0 amide bonds. The number of imidazole rings is 1. The van der Waals surface area contributed by atoms with Crippen LogP contribution in [0.5, 0.6) is 0 Å². The smallest absolute Gasteiger partial charge is 0.259 e. The molecule has 8 heteroatoms. The SMILES string of the molecule is Cn1ccnc1CNS(=O)(=O)C1(C(F)F)CC1. The maximum atomic E-state index is 12.7. The van der Waals surface area contributed by atoms with Crippen LogP contribution in [-0.4, -0.2) is 29.1 Å². The van der Waals surface area contributed by atoms with E-state index in [1.165, 1.54) is 6.20 Å². The van der Waals surface area contributed by atoms with E-state index in [2.05, 4.69) is 9.71 Å². The van der Waals surface area contributed by atoms with Crippen LogP contribution in [0.1, 0.15) is 18.7 Å². The number of hydrogen-bond acceptors (Lipinski definition) is 3. The second kappa shape index (κ2) is 4.02. The Morgan fingerprint density at radius 2 is 2.24 bits per heavy atom. The van der Waals surface area contributed by atoms with Crippen molar-refractivity contribution < 1.29 is 17.2 Å². The zero-order valence-electron chi connectivity index (χ0n) is 9.23. The minimum Gasteiger partial charge on any atom is -0.337 e. The summed E-state index contributed by atoms with van der Waals surface area (Å²) < 4.78 is 50.8. The zero-order chi connectivity index (χ0) is 12.7. The molecule has 0 atom stereocenters. The summed E-state index contributed by atoms with van der Waals surface area (Å²) in [4.78, 5) is 3.91. The van der Waals surface area contributed by atoms with E-state index in [-0.39, 0.29) is 19.4 Å². The molecule has 1 heterocycles. The maximum Gasteiger partial charge on any atom is 0.259 e. The largest absolute Gasteiger partial charge is 0.337 e. The number of nitrogens with one attached hydrogen (secondary N) is 1. The molecular weight excluding hydrogens is 252 g/mol. The molecule has 5 nitrogen and oxygen atoms in total. The van der Waals surface area contributed by atoms with Crippen molar-refractivity contribution in [2.75, 3.05) is 0 Å². The van der Waals surface area contributed by atoms with Gasteiger partial charge in [0, 0.05) is 19.4 Å². The van der Waals surface area contributed by atoms with E-state index in [1.807, 2.05) is 0 Å². The van der Waals surface area contributed by atoms with Gasteiger partial charge in [-0.05, 0) is 12.8 Å². The van der Waals surface area contributed by atoms with Crippen molar-refractivity contribution in [3.05, 3.63) is 18.2 Å². The molecule has 0 aliphatic heterocycles. The summed E-state index contributed by atoms with van der Waals surface area (Å²) in [7, 11) is -2.29. The average molecular weight is 265 g/mol. The Bertz CT molecular complexity index is 508. The standard InChI is InChI=1S/C9H13F2N3O2S/c1-14-5-4-12-7(14)6-13-17(15,16)9(2-3-9)8(10)11/h4-5,8,13H,2-3,6H2,1H3. The molecule has 0 saturated heterocycles. The Kier molecular flexibility index (Phi) is 2.94. The maximum absolute atomic E-state index is 12.7. The van der Waals surface area contributed by atoms with E-state index in [4.69, 9.17) is 0 Å². The second-order valence-electron chi connectivity index (χ2n) is 4.14. The summed E-state index contributed by atoms with van der Waals surface area (Å²) in [5.74, 6) is 0.485. The van der Waals surface area contributed by atoms with Gasteiger partial charge in [0.25, 0.3) is 6.43 Å². The molecule has 0 aromatic carbocycles. The summed E-state index contributed by atoms with van der Waals surface area (Å²) in [5.41, 5.74) is 0. The first-order valence-electron chi connectivity index (χ1n) is 5.13. The minimum atomic E-state index is -3.99. The lowest BCUT2D eigenvalue weighted by molar-refractivity contribution is 0.132. The predicted molar refractivity (Wildman–Crippen MR) is 56.9 cm³/mol. The number of nitrogens with zero attached hydrogens (tertiary/aromatic N) is 2. The van der Waals surface area contributed by atoms with Gasteiger partial charge in [0.2, 0.25) is 10.0 Å². The van der Waals surface area contributed by atoms with Crippen molar-refractivity contribution in [3.63, 3.8) is 0 Å². The van der Waals surface area contributed by atoms with Gasteiger partial charge in [-0.2, -0.15) is 0 Å². The highest BCUT2D eigenvalue weighted by Crippen LogP contribution is 2.47. The van der Waals surface area contributed by atoms with Crippen LogP contribution in [0.4, 0.5) is 8.78 Å². The van der Waals surface area contributed by atoms with E-state index in [1.54, 1.807) is 17.8 Å². The lowest BCUT2D eigenvalue weighted by Gasteiger charge is -2.15. The van der Waals surface area contributed by atoms with Gasteiger partial charge in [-0.1, -0.05) is 0 Å². The number of aryl methyl sites for hydroxylation is 1. The van der Waals surface area contributed by atoms with Gasteiger partial charge < -0.3 is 4.57 Å². The Labute approximate surface area is 97.9 Å². The van der Waals surface area contributed by atoms with Crippen LogP contribution in [0.2, 0.25) is 0 Å². The van der Waals surface area contributed by atoms with E-state index in [0.717, 1.165) is 0 Å². The Morgan fingerprint density at radius 3 is 2.65 bits per heavy atom. The molecular formula is C9H13F2N3O2S. The van der Waals surface area contributed by atoms with Crippen molar-refractivity contribution in [1.82, 2.24) is 14.3 Å². The van der Waals surface area contributed by atoms with Gasteiger partial charge in [0.05, 0.1) is 6.54 Å². The highest BCUT2D eigenvalue weighted by Gasteiger charge is 2.61.